The first-order chi connectivity index (χ1) is 42.0. The Hall–Kier alpha value is -3.10. The SMILES string of the molecule is CC/C=C\C/C=C\C/C=C\C/C=C\C/C=C\C/C=C\C/C=C\C/C=C\C/C=C\CCCCCCCCCCCCCCCC(=O)NC(COP(=O)(O)OCC[N+](C)(C)C)C(O)/C=C/CCCCCCCCCCCCCCCCCCCCCCC. The van der Waals surface area contributed by atoms with Gasteiger partial charge in [0.25, 0.3) is 0 Å². The molecule has 0 spiro atoms. The van der Waals surface area contributed by atoms with Gasteiger partial charge >= 0.3 is 7.82 Å². The Morgan fingerprint density at radius 3 is 1.02 bits per heavy atom. The number of unbranched alkanes of at least 4 members (excludes halogenated alkanes) is 34. The minimum Gasteiger partial charge on any atom is -0.387 e. The predicted molar refractivity (Wildman–Crippen MR) is 378 cm³/mol. The van der Waals surface area contributed by atoms with Crippen LogP contribution >= 0.6 is 7.82 Å². The van der Waals surface area contributed by atoms with Crippen LogP contribution in [0.5, 0.6) is 0 Å². The Labute approximate surface area is 533 Å². The second-order valence-corrected chi connectivity index (χ2v) is 26.7. The van der Waals surface area contributed by atoms with Crippen LogP contribution in [0.2, 0.25) is 0 Å². The molecule has 0 saturated carbocycles. The number of nitrogens with zero attached hydrogens (tertiary/aromatic N) is 1. The standard InChI is InChI=1S/C77H137N2O6P/c1-6-8-10-12-14-16-18-20-22-24-26-28-30-31-32-33-34-35-36-37-38-39-40-41-42-43-44-45-46-47-49-51-53-55-57-59-61-63-65-67-69-71-77(81)78-75(74-85-86(82,83)84-73-72-79(3,4)5)76(80)70-68-66-64-62-60-58-56-54-52-50-48-29-27-25-23-21-19-17-15-13-11-9-7-2/h8,10,14,16,20,22,26,28,31-32,34-35,37-38,40-41,43-44,68,70,75-76,80H,6-7,9,11-13,15,17-19,21,23-25,27,29-30,33,36,39,42,45-67,69,71-74H2,1-5H3,(H-,78,81,82,83)/p+1/b10-8-,16-14-,22-20-,28-26-,32-31-,35-34-,38-37-,41-40-,44-43-,70-68+. The first-order valence-corrected chi connectivity index (χ1v) is 37.4. The lowest BCUT2D eigenvalue weighted by Gasteiger charge is -2.25. The zero-order valence-electron chi connectivity index (χ0n) is 56.8. The lowest BCUT2D eigenvalue weighted by atomic mass is 10.0. The second-order valence-electron chi connectivity index (χ2n) is 25.2. The number of nitrogens with one attached hydrogen (secondary N) is 1. The summed E-state index contributed by atoms with van der Waals surface area (Å²) < 4.78 is 23.8. The van der Waals surface area contributed by atoms with E-state index in [1.165, 1.54) is 193 Å². The van der Waals surface area contributed by atoms with Gasteiger partial charge in [0, 0.05) is 6.42 Å². The molecule has 1 amide bonds. The van der Waals surface area contributed by atoms with Crippen LogP contribution in [-0.4, -0.2) is 73.4 Å². The molecule has 3 atom stereocenters. The van der Waals surface area contributed by atoms with E-state index >= 15 is 0 Å². The third kappa shape index (κ3) is 68.4. The van der Waals surface area contributed by atoms with Crippen molar-refractivity contribution in [3.05, 3.63) is 122 Å². The number of amides is 1. The highest BCUT2D eigenvalue weighted by Crippen LogP contribution is 2.43. The predicted octanol–water partition coefficient (Wildman–Crippen LogP) is 23.2. The van der Waals surface area contributed by atoms with E-state index in [0.717, 1.165) is 96.3 Å². The van der Waals surface area contributed by atoms with E-state index < -0.39 is 20.0 Å². The van der Waals surface area contributed by atoms with Gasteiger partial charge in [-0.05, 0) is 89.9 Å². The van der Waals surface area contributed by atoms with Crippen molar-refractivity contribution in [3.63, 3.8) is 0 Å². The Balaban J connectivity index is 4.07. The van der Waals surface area contributed by atoms with Crippen LogP contribution in [0.4, 0.5) is 0 Å². The maximum Gasteiger partial charge on any atom is 0.472 e. The molecule has 0 bridgehead atoms. The molecule has 0 radical (unpaired) electrons. The highest BCUT2D eigenvalue weighted by Gasteiger charge is 2.28. The van der Waals surface area contributed by atoms with E-state index in [1.807, 2.05) is 27.2 Å². The quantitative estimate of drug-likeness (QED) is 0.0243. The molecule has 0 aliphatic rings. The summed E-state index contributed by atoms with van der Waals surface area (Å²) in [6.07, 6.45) is 99.1. The van der Waals surface area contributed by atoms with Crippen molar-refractivity contribution in [1.82, 2.24) is 5.32 Å². The van der Waals surface area contributed by atoms with E-state index in [9.17, 15) is 19.4 Å². The van der Waals surface area contributed by atoms with Crippen molar-refractivity contribution < 1.29 is 32.9 Å². The van der Waals surface area contributed by atoms with Gasteiger partial charge in [0.05, 0.1) is 39.9 Å². The van der Waals surface area contributed by atoms with Crippen molar-refractivity contribution in [2.75, 3.05) is 40.9 Å². The normalized spacial score (nSPS) is 14.4. The number of phosphoric acid groups is 1. The molecule has 0 fully saturated rings. The molecule has 0 aliphatic heterocycles. The largest absolute Gasteiger partial charge is 0.472 e. The maximum absolute atomic E-state index is 13.1. The summed E-state index contributed by atoms with van der Waals surface area (Å²) >= 11 is 0. The van der Waals surface area contributed by atoms with Crippen molar-refractivity contribution in [1.29, 1.82) is 0 Å². The number of rotatable bonds is 65. The molecule has 0 heterocycles. The summed E-state index contributed by atoms with van der Waals surface area (Å²) in [7, 11) is 1.57. The molecule has 8 nitrogen and oxygen atoms in total. The van der Waals surface area contributed by atoms with Crippen LogP contribution < -0.4 is 5.32 Å². The highest BCUT2D eigenvalue weighted by molar-refractivity contribution is 7.47. The number of carbonyl (C=O) groups excluding carboxylic acids is 1. The van der Waals surface area contributed by atoms with E-state index in [1.54, 1.807) is 6.08 Å². The first-order valence-electron chi connectivity index (χ1n) is 35.9. The van der Waals surface area contributed by atoms with Gasteiger partial charge in [-0.15, -0.1) is 0 Å². The number of allylic oxidation sites excluding steroid dienone is 19. The fraction of sp³-hybridized carbons (Fsp3) is 0.727. The number of likely N-dealkylation sites (N-methyl/N-ethyl adjacent to an activating group) is 1. The van der Waals surface area contributed by atoms with Gasteiger partial charge in [0.2, 0.25) is 5.91 Å². The minimum absolute atomic E-state index is 0.0577. The Bertz CT molecular complexity index is 1820. The third-order valence-corrected chi connectivity index (χ3v) is 16.7. The van der Waals surface area contributed by atoms with Crippen molar-refractivity contribution >= 4 is 13.7 Å². The van der Waals surface area contributed by atoms with E-state index in [-0.39, 0.29) is 19.1 Å². The molecule has 86 heavy (non-hydrogen) atoms. The van der Waals surface area contributed by atoms with Crippen LogP contribution in [0.1, 0.15) is 309 Å². The molecule has 496 valence electrons. The molecule has 9 heteroatoms. The number of quaternary nitrogens is 1. The van der Waals surface area contributed by atoms with Crippen LogP contribution in [-0.2, 0) is 18.4 Å². The number of hydrogen-bond donors (Lipinski definition) is 3. The minimum atomic E-state index is -4.36. The third-order valence-electron chi connectivity index (χ3n) is 15.7. The molecule has 3 N–H and O–H groups in total. The number of aliphatic hydroxyl groups is 1. The van der Waals surface area contributed by atoms with Crippen molar-refractivity contribution in [3.8, 4) is 0 Å². The molecular formula is C77H138N2O6P+. The van der Waals surface area contributed by atoms with Crippen LogP contribution in [0.25, 0.3) is 0 Å². The number of phosphoric ester groups is 1. The average molecular weight is 1220 g/mol. The van der Waals surface area contributed by atoms with Crippen LogP contribution in [0.15, 0.2) is 122 Å². The zero-order valence-corrected chi connectivity index (χ0v) is 57.7. The second kappa shape index (κ2) is 66.3. The highest BCUT2D eigenvalue weighted by atomic mass is 31.2. The van der Waals surface area contributed by atoms with Gasteiger partial charge in [-0.1, -0.05) is 334 Å². The zero-order chi connectivity index (χ0) is 62.6. The van der Waals surface area contributed by atoms with Gasteiger partial charge < -0.3 is 19.8 Å². The molecule has 0 aromatic heterocycles. The monoisotopic (exact) mass is 1220 g/mol. The van der Waals surface area contributed by atoms with Crippen LogP contribution in [0.3, 0.4) is 0 Å². The summed E-state index contributed by atoms with van der Waals surface area (Å²) in [5, 5.41) is 14.0. The fourth-order valence-corrected chi connectivity index (χ4v) is 10.9. The summed E-state index contributed by atoms with van der Waals surface area (Å²) in [6, 6.07) is -0.855. The molecule has 0 aliphatic carbocycles. The smallest absolute Gasteiger partial charge is 0.387 e. The molecular weight excluding hydrogens is 1080 g/mol. The summed E-state index contributed by atoms with van der Waals surface area (Å²) in [4.78, 5) is 23.4. The van der Waals surface area contributed by atoms with Crippen molar-refractivity contribution in [2.24, 2.45) is 0 Å². The first kappa shape index (κ1) is 82.9. The van der Waals surface area contributed by atoms with Crippen molar-refractivity contribution in [2.45, 2.75) is 321 Å². The van der Waals surface area contributed by atoms with Gasteiger partial charge in [0.15, 0.2) is 0 Å². The fourth-order valence-electron chi connectivity index (χ4n) is 10.2. The summed E-state index contributed by atoms with van der Waals surface area (Å²) in [5.41, 5.74) is 0. The van der Waals surface area contributed by atoms with Crippen LogP contribution in [0, 0.1) is 0 Å². The molecule has 0 saturated heterocycles. The molecule has 0 rings (SSSR count). The van der Waals surface area contributed by atoms with Gasteiger partial charge in [0.1, 0.15) is 13.2 Å². The topological polar surface area (TPSA) is 105 Å². The Morgan fingerprint density at radius 1 is 0.407 bits per heavy atom. The molecule has 0 aromatic rings. The lowest BCUT2D eigenvalue weighted by Crippen LogP contribution is -2.45. The summed E-state index contributed by atoms with van der Waals surface area (Å²) in [5.74, 6) is -0.179. The van der Waals surface area contributed by atoms with Gasteiger partial charge in [-0.25, -0.2) is 4.57 Å². The van der Waals surface area contributed by atoms with E-state index in [2.05, 4.69) is 129 Å². The summed E-state index contributed by atoms with van der Waals surface area (Å²) in [6.45, 7) is 4.73. The maximum atomic E-state index is 13.1. The van der Waals surface area contributed by atoms with Gasteiger partial charge in [-0.2, -0.15) is 0 Å². The Kier molecular flexibility index (Phi) is 63.9. The molecule has 0 aromatic carbocycles. The Morgan fingerprint density at radius 2 is 0.698 bits per heavy atom. The lowest BCUT2D eigenvalue weighted by molar-refractivity contribution is -0.870. The average Bonchev–Trinajstić information content (AvgIpc) is 3.70. The number of hydrogen-bond acceptors (Lipinski definition) is 5. The van der Waals surface area contributed by atoms with Gasteiger partial charge in [-0.3, -0.25) is 13.8 Å². The van der Waals surface area contributed by atoms with E-state index in [4.69, 9.17) is 9.05 Å². The molecule has 3 unspecified atom stereocenters. The van der Waals surface area contributed by atoms with E-state index in [0.29, 0.717) is 17.4 Å². The number of carbonyl (C=O) groups is 1. The number of aliphatic hydroxyl groups excluding tert-OH is 1.